The molecule has 0 aromatic heterocycles. The van der Waals surface area contributed by atoms with E-state index in [1.807, 2.05) is 0 Å². The van der Waals surface area contributed by atoms with Gasteiger partial charge in [-0.05, 0) is 35.4 Å². The van der Waals surface area contributed by atoms with Crippen molar-refractivity contribution in [3.05, 3.63) is 59.9 Å². The number of carbonyl (C=O) groups is 2. The maximum Gasteiger partial charge on any atom is 0.329 e. The number of rotatable bonds is 4. The fraction of sp³-hybridized carbons (Fsp3) is 0.250. The molecule has 140 valence electrons. The predicted octanol–water partition coefficient (Wildman–Crippen LogP) is 2.88. The molecular formula is C20H19FN2O4. The lowest BCUT2D eigenvalue weighted by atomic mass is 10.0. The van der Waals surface area contributed by atoms with Crippen molar-refractivity contribution in [2.75, 3.05) is 20.8 Å². The third-order valence-electron chi connectivity index (χ3n) is 4.42. The van der Waals surface area contributed by atoms with Crippen LogP contribution in [0.15, 0.2) is 53.7 Å². The van der Waals surface area contributed by atoms with E-state index in [0.717, 1.165) is 11.1 Å². The zero-order valence-corrected chi connectivity index (χ0v) is 15.0. The van der Waals surface area contributed by atoms with Gasteiger partial charge in [0.25, 0.3) is 5.91 Å². The van der Waals surface area contributed by atoms with Crippen LogP contribution in [0.4, 0.5) is 4.39 Å². The molecule has 2 aromatic carbocycles. The second kappa shape index (κ2) is 7.99. The van der Waals surface area contributed by atoms with E-state index in [-0.39, 0.29) is 24.7 Å². The molecule has 7 heteroatoms. The molecule has 1 atom stereocenters. The molecule has 1 aliphatic heterocycles. The maximum absolute atomic E-state index is 13.1. The summed E-state index contributed by atoms with van der Waals surface area (Å²) >= 11 is 0. The number of nitrogens with zero attached hydrogens (tertiary/aromatic N) is 2. The molecule has 1 heterocycles. The average molecular weight is 370 g/mol. The number of carbonyl (C=O) groups excluding carboxylic acids is 2. The SMILES string of the molecule is CO/N=C1/C[C@@H](C(=O)OC)N(C(=O)c2ccc(-c3ccc(F)cc3)cc2)C1. The topological polar surface area (TPSA) is 68.2 Å². The highest BCUT2D eigenvalue weighted by atomic mass is 19.1. The Labute approximate surface area is 156 Å². The minimum absolute atomic E-state index is 0.201. The molecule has 0 spiro atoms. The minimum Gasteiger partial charge on any atom is -0.467 e. The second-order valence-electron chi connectivity index (χ2n) is 6.10. The van der Waals surface area contributed by atoms with E-state index >= 15 is 0 Å². The van der Waals surface area contributed by atoms with Crippen molar-refractivity contribution >= 4 is 17.6 Å². The Hall–Kier alpha value is -3.22. The van der Waals surface area contributed by atoms with Crippen LogP contribution in [0.1, 0.15) is 16.8 Å². The predicted molar refractivity (Wildman–Crippen MR) is 97.7 cm³/mol. The van der Waals surface area contributed by atoms with E-state index < -0.39 is 12.0 Å². The summed E-state index contributed by atoms with van der Waals surface area (Å²) in [6, 6.07) is 12.3. The van der Waals surface area contributed by atoms with Crippen molar-refractivity contribution in [1.82, 2.24) is 4.90 Å². The molecule has 1 amide bonds. The highest BCUT2D eigenvalue weighted by Crippen LogP contribution is 2.23. The number of methoxy groups -OCH3 is 1. The molecule has 1 fully saturated rings. The first kappa shape index (κ1) is 18.6. The number of ether oxygens (including phenoxy) is 1. The number of halogens is 1. The Morgan fingerprint density at radius 1 is 1.04 bits per heavy atom. The van der Waals surface area contributed by atoms with Crippen LogP contribution in [0, 0.1) is 5.82 Å². The van der Waals surface area contributed by atoms with Crippen LogP contribution in [0.5, 0.6) is 0 Å². The molecule has 2 aromatic rings. The first-order valence-corrected chi connectivity index (χ1v) is 8.37. The van der Waals surface area contributed by atoms with Gasteiger partial charge in [-0.15, -0.1) is 0 Å². The van der Waals surface area contributed by atoms with Crippen molar-refractivity contribution in [1.29, 1.82) is 0 Å². The molecule has 3 rings (SSSR count). The highest BCUT2D eigenvalue weighted by molar-refractivity contribution is 6.04. The first-order valence-electron chi connectivity index (χ1n) is 8.37. The van der Waals surface area contributed by atoms with Crippen molar-refractivity contribution < 1.29 is 23.6 Å². The minimum atomic E-state index is -0.729. The van der Waals surface area contributed by atoms with Crippen molar-refractivity contribution in [3.8, 4) is 11.1 Å². The lowest BCUT2D eigenvalue weighted by molar-refractivity contribution is -0.145. The van der Waals surface area contributed by atoms with E-state index in [0.29, 0.717) is 11.3 Å². The van der Waals surface area contributed by atoms with Crippen LogP contribution < -0.4 is 0 Å². The smallest absolute Gasteiger partial charge is 0.329 e. The van der Waals surface area contributed by atoms with Crippen LogP contribution in [0.25, 0.3) is 11.1 Å². The number of likely N-dealkylation sites (tertiary alicyclic amines) is 1. The Morgan fingerprint density at radius 3 is 2.19 bits per heavy atom. The van der Waals surface area contributed by atoms with Gasteiger partial charge in [0.2, 0.25) is 0 Å². The summed E-state index contributed by atoms with van der Waals surface area (Å²) in [5, 5.41) is 3.86. The maximum atomic E-state index is 13.1. The molecule has 27 heavy (non-hydrogen) atoms. The fourth-order valence-corrected chi connectivity index (χ4v) is 3.07. The summed E-state index contributed by atoms with van der Waals surface area (Å²) in [7, 11) is 2.70. The van der Waals surface area contributed by atoms with Gasteiger partial charge in [0.1, 0.15) is 19.0 Å². The second-order valence-corrected chi connectivity index (χ2v) is 6.10. The van der Waals surface area contributed by atoms with Crippen LogP contribution in [0.2, 0.25) is 0 Å². The molecule has 0 unspecified atom stereocenters. The number of hydrogen-bond acceptors (Lipinski definition) is 5. The molecule has 6 nitrogen and oxygen atoms in total. The summed E-state index contributed by atoms with van der Waals surface area (Å²) in [5.41, 5.74) is 2.75. The lowest BCUT2D eigenvalue weighted by Gasteiger charge is -2.22. The van der Waals surface area contributed by atoms with Gasteiger partial charge in [0.15, 0.2) is 0 Å². The van der Waals surface area contributed by atoms with E-state index in [2.05, 4.69) is 5.16 Å². The Bertz CT molecular complexity index is 863. The Balaban J connectivity index is 1.82. The average Bonchev–Trinajstić information content (AvgIpc) is 3.12. The number of esters is 1. The van der Waals surface area contributed by atoms with E-state index in [1.54, 1.807) is 36.4 Å². The van der Waals surface area contributed by atoms with Crippen molar-refractivity contribution in [2.24, 2.45) is 5.16 Å². The van der Waals surface area contributed by atoms with E-state index in [4.69, 9.17) is 9.57 Å². The molecule has 1 saturated heterocycles. The molecular weight excluding hydrogens is 351 g/mol. The third kappa shape index (κ3) is 3.97. The monoisotopic (exact) mass is 370 g/mol. The number of oxime groups is 1. The zero-order chi connectivity index (χ0) is 19.4. The molecule has 0 aliphatic carbocycles. The zero-order valence-electron chi connectivity index (χ0n) is 15.0. The molecule has 0 saturated carbocycles. The molecule has 0 bridgehead atoms. The Kier molecular flexibility index (Phi) is 5.49. The third-order valence-corrected chi connectivity index (χ3v) is 4.42. The van der Waals surface area contributed by atoms with Gasteiger partial charge in [-0.3, -0.25) is 4.79 Å². The van der Waals surface area contributed by atoms with Gasteiger partial charge < -0.3 is 14.5 Å². The molecule has 0 radical (unpaired) electrons. The Morgan fingerprint density at radius 2 is 1.63 bits per heavy atom. The van der Waals surface area contributed by atoms with E-state index in [9.17, 15) is 14.0 Å². The first-order chi connectivity index (χ1) is 13.0. The van der Waals surface area contributed by atoms with Gasteiger partial charge in [-0.1, -0.05) is 29.4 Å². The summed E-state index contributed by atoms with van der Waals surface area (Å²) < 4.78 is 17.9. The number of amides is 1. The van der Waals surface area contributed by atoms with Crippen molar-refractivity contribution in [3.63, 3.8) is 0 Å². The van der Waals surface area contributed by atoms with Crippen LogP contribution >= 0.6 is 0 Å². The van der Waals surface area contributed by atoms with Crippen LogP contribution in [-0.2, 0) is 14.4 Å². The highest BCUT2D eigenvalue weighted by Gasteiger charge is 2.39. The van der Waals surface area contributed by atoms with Gasteiger partial charge in [0, 0.05) is 12.0 Å². The molecule has 1 aliphatic rings. The van der Waals surface area contributed by atoms with Crippen LogP contribution in [-0.4, -0.2) is 49.3 Å². The van der Waals surface area contributed by atoms with Crippen LogP contribution in [0.3, 0.4) is 0 Å². The van der Waals surface area contributed by atoms with Gasteiger partial charge in [-0.2, -0.15) is 0 Å². The summed E-state index contributed by atoms with van der Waals surface area (Å²) in [5.74, 6) is -1.09. The normalized spacial score (nSPS) is 17.8. The molecule has 0 N–H and O–H groups in total. The summed E-state index contributed by atoms with van der Waals surface area (Å²) in [6.45, 7) is 0.201. The fourth-order valence-electron chi connectivity index (χ4n) is 3.07. The van der Waals surface area contributed by atoms with E-state index in [1.165, 1.54) is 31.3 Å². The number of benzene rings is 2. The lowest BCUT2D eigenvalue weighted by Crippen LogP contribution is -2.41. The number of hydrogen-bond donors (Lipinski definition) is 0. The quantitative estimate of drug-likeness (QED) is 0.613. The largest absolute Gasteiger partial charge is 0.467 e. The van der Waals surface area contributed by atoms with Gasteiger partial charge in [-0.25, -0.2) is 9.18 Å². The van der Waals surface area contributed by atoms with Gasteiger partial charge >= 0.3 is 5.97 Å². The van der Waals surface area contributed by atoms with Crippen molar-refractivity contribution in [2.45, 2.75) is 12.5 Å². The van der Waals surface area contributed by atoms with Gasteiger partial charge in [0.05, 0.1) is 19.4 Å². The standard InChI is InChI=1S/C20H19FN2O4/c1-26-20(25)18-11-17(22-27-2)12-23(18)19(24)15-5-3-13(4-6-15)14-7-9-16(21)10-8-14/h3-10,18H,11-12H2,1-2H3/b22-17-/t18-/m0/s1. The summed E-state index contributed by atoms with van der Waals surface area (Å²) in [4.78, 5) is 31.1. The summed E-state index contributed by atoms with van der Waals surface area (Å²) in [6.07, 6.45) is 0.278.